The van der Waals surface area contributed by atoms with Gasteiger partial charge in [-0.3, -0.25) is 0 Å². The Morgan fingerprint density at radius 1 is 0.357 bits per heavy atom. The number of rotatable bonds is 4. The molecule has 0 unspecified atom stereocenters. The van der Waals surface area contributed by atoms with Crippen molar-refractivity contribution in [2.45, 2.75) is 0 Å². The van der Waals surface area contributed by atoms with Crippen LogP contribution in [0.15, 0.2) is 180 Å². The van der Waals surface area contributed by atoms with Crippen LogP contribution in [0.25, 0.3) is 120 Å². The average molecular weight is 732 g/mol. The molecule has 260 valence electrons. The first kappa shape index (κ1) is 31.2. The quantitative estimate of drug-likeness (QED) is 0.181. The van der Waals surface area contributed by atoms with Gasteiger partial charge >= 0.3 is 0 Å². The monoisotopic (exact) mass is 731 g/mol. The van der Waals surface area contributed by atoms with Gasteiger partial charge in [0.2, 0.25) is 0 Å². The van der Waals surface area contributed by atoms with Crippen molar-refractivity contribution in [2.75, 3.05) is 0 Å². The van der Waals surface area contributed by atoms with E-state index >= 15 is 0 Å². The molecule has 3 aromatic heterocycles. The maximum Gasteiger partial charge on any atom is 0.167 e. The SMILES string of the molecule is c1ccc(-c2nc(-c3cccc4ccccc34)nc(-c3cccc4c3oc3ccc5ccc(-c6ccc7sc8cc9ccccc9cc8c7c6)cc5c34)n2)cc1. The van der Waals surface area contributed by atoms with Gasteiger partial charge in [0.15, 0.2) is 17.5 Å². The van der Waals surface area contributed by atoms with Crippen molar-refractivity contribution in [3.8, 4) is 45.3 Å². The second-order valence-electron chi connectivity index (χ2n) is 14.4. The summed E-state index contributed by atoms with van der Waals surface area (Å²) in [5.74, 6) is 1.81. The Morgan fingerprint density at radius 3 is 1.84 bits per heavy atom. The molecule has 0 atom stereocenters. The zero-order valence-corrected chi connectivity index (χ0v) is 30.7. The lowest BCUT2D eigenvalue weighted by Gasteiger charge is -2.10. The molecule has 12 rings (SSSR count). The first-order chi connectivity index (χ1) is 27.7. The lowest BCUT2D eigenvalue weighted by molar-refractivity contribution is 0.670. The highest BCUT2D eigenvalue weighted by molar-refractivity contribution is 7.25. The molecule has 12 aromatic rings. The maximum absolute atomic E-state index is 6.78. The second-order valence-corrected chi connectivity index (χ2v) is 15.5. The third-order valence-electron chi connectivity index (χ3n) is 11.1. The van der Waals surface area contributed by atoms with E-state index in [1.54, 1.807) is 0 Å². The summed E-state index contributed by atoms with van der Waals surface area (Å²) in [6, 6.07) is 62.2. The predicted octanol–water partition coefficient (Wildman–Crippen LogP) is 14.3. The lowest BCUT2D eigenvalue weighted by Crippen LogP contribution is -2.00. The molecule has 0 N–H and O–H groups in total. The van der Waals surface area contributed by atoms with Crippen molar-refractivity contribution in [3.05, 3.63) is 176 Å². The minimum absolute atomic E-state index is 0.570. The molecule has 0 spiro atoms. The van der Waals surface area contributed by atoms with Crippen LogP contribution in [-0.4, -0.2) is 15.0 Å². The van der Waals surface area contributed by atoms with Crippen LogP contribution in [0.3, 0.4) is 0 Å². The van der Waals surface area contributed by atoms with Crippen LogP contribution in [0.5, 0.6) is 0 Å². The Labute approximate surface area is 325 Å². The Balaban J connectivity index is 1.04. The van der Waals surface area contributed by atoms with Crippen LogP contribution < -0.4 is 0 Å². The van der Waals surface area contributed by atoms with E-state index in [1.165, 1.54) is 42.1 Å². The lowest BCUT2D eigenvalue weighted by atomic mass is 9.96. The van der Waals surface area contributed by atoms with Crippen molar-refractivity contribution in [1.82, 2.24) is 15.0 Å². The Hall–Kier alpha value is -7.21. The zero-order valence-electron chi connectivity index (χ0n) is 29.9. The molecule has 0 bridgehead atoms. The van der Waals surface area contributed by atoms with Crippen molar-refractivity contribution in [1.29, 1.82) is 0 Å². The van der Waals surface area contributed by atoms with E-state index in [4.69, 9.17) is 19.4 Å². The molecule has 9 aromatic carbocycles. The fraction of sp³-hybridized carbons (Fsp3) is 0. The van der Waals surface area contributed by atoms with Crippen LogP contribution >= 0.6 is 11.3 Å². The van der Waals surface area contributed by atoms with Crippen molar-refractivity contribution >= 4 is 85.8 Å². The molecule has 3 heterocycles. The van der Waals surface area contributed by atoms with E-state index in [2.05, 4.69) is 146 Å². The summed E-state index contributed by atoms with van der Waals surface area (Å²) in [6.07, 6.45) is 0. The van der Waals surface area contributed by atoms with Crippen LogP contribution in [0.1, 0.15) is 0 Å². The Kier molecular flexibility index (Phi) is 6.76. The smallest absolute Gasteiger partial charge is 0.167 e. The fourth-order valence-electron chi connectivity index (χ4n) is 8.37. The largest absolute Gasteiger partial charge is 0.455 e. The number of aromatic nitrogens is 3. The number of benzene rings is 9. The molecular formula is C51H29N3OS. The topological polar surface area (TPSA) is 51.8 Å². The Bertz CT molecular complexity index is 3540. The first-order valence-corrected chi connectivity index (χ1v) is 19.6. The highest BCUT2D eigenvalue weighted by Gasteiger charge is 2.20. The van der Waals surface area contributed by atoms with Crippen LogP contribution in [-0.2, 0) is 0 Å². The molecule has 0 radical (unpaired) electrons. The van der Waals surface area contributed by atoms with Crippen LogP contribution in [0.4, 0.5) is 0 Å². The molecule has 0 aliphatic carbocycles. The standard InChI is InChI=1S/C51H29N3OS/c1-2-11-32(12-3-1)49-52-50(38-17-8-15-30-10-6-7-16-37(30)38)54-51(53-49)40-19-9-18-39-47-41-26-35(21-20-31(41)22-24-44(47)55-48(39)40)36-23-25-45-42(28-36)43-27-33-13-4-5-14-34(33)29-46(43)56-45/h1-29H. The Morgan fingerprint density at radius 2 is 0.964 bits per heavy atom. The summed E-state index contributed by atoms with van der Waals surface area (Å²) in [4.78, 5) is 15.3. The summed E-state index contributed by atoms with van der Waals surface area (Å²) in [6.45, 7) is 0. The van der Waals surface area contributed by atoms with Gasteiger partial charge in [-0.05, 0) is 85.9 Å². The third kappa shape index (κ3) is 4.88. The van der Waals surface area contributed by atoms with E-state index in [9.17, 15) is 0 Å². The molecule has 0 aliphatic heterocycles. The molecule has 0 saturated heterocycles. The highest BCUT2D eigenvalue weighted by atomic mass is 32.1. The van der Waals surface area contributed by atoms with Crippen molar-refractivity contribution < 1.29 is 4.42 Å². The van der Waals surface area contributed by atoms with Gasteiger partial charge in [0, 0.05) is 42.1 Å². The van der Waals surface area contributed by atoms with Gasteiger partial charge < -0.3 is 4.42 Å². The van der Waals surface area contributed by atoms with E-state index in [0.29, 0.717) is 17.5 Å². The van der Waals surface area contributed by atoms with Crippen LogP contribution in [0.2, 0.25) is 0 Å². The summed E-state index contributed by atoms with van der Waals surface area (Å²) < 4.78 is 9.40. The molecule has 0 aliphatic rings. The first-order valence-electron chi connectivity index (χ1n) is 18.8. The van der Waals surface area contributed by atoms with E-state index < -0.39 is 0 Å². The number of fused-ring (bicyclic) bond motifs is 10. The van der Waals surface area contributed by atoms with Gasteiger partial charge in [-0.15, -0.1) is 11.3 Å². The van der Waals surface area contributed by atoms with Crippen molar-refractivity contribution in [2.24, 2.45) is 0 Å². The summed E-state index contributed by atoms with van der Waals surface area (Å²) in [5, 5.41) is 11.8. The number of hydrogen-bond acceptors (Lipinski definition) is 5. The van der Waals surface area contributed by atoms with Gasteiger partial charge in [-0.25, -0.2) is 15.0 Å². The third-order valence-corrected chi connectivity index (χ3v) is 12.2. The molecular weight excluding hydrogens is 703 g/mol. The summed E-state index contributed by atoms with van der Waals surface area (Å²) >= 11 is 1.86. The molecule has 56 heavy (non-hydrogen) atoms. The summed E-state index contributed by atoms with van der Waals surface area (Å²) in [7, 11) is 0. The summed E-state index contributed by atoms with van der Waals surface area (Å²) in [5.41, 5.74) is 6.66. The molecule has 0 amide bonds. The molecule has 4 nitrogen and oxygen atoms in total. The van der Waals surface area contributed by atoms with Gasteiger partial charge in [-0.2, -0.15) is 0 Å². The van der Waals surface area contributed by atoms with E-state index in [-0.39, 0.29) is 0 Å². The van der Waals surface area contributed by atoms with E-state index in [0.717, 1.165) is 60.2 Å². The minimum Gasteiger partial charge on any atom is -0.455 e. The van der Waals surface area contributed by atoms with Gasteiger partial charge in [0.1, 0.15) is 11.2 Å². The molecule has 0 saturated carbocycles. The van der Waals surface area contributed by atoms with Gasteiger partial charge in [0.05, 0.1) is 5.56 Å². The zero-order chi connectivity index (χ0) is 36.7. The van der Waals surface area contributed by atoms with Gasteiger partial charge in [0.25, 0.3) is 0 Å². The van der Waals surface area contributed by atoms with Crippen molar-refractivity contribution in [3.63, 3.8) is 0 Å². The maximum atomic E-state index is 6.78. The second kappa shape index (κ2) is 12.2. The minimum atomic E-state index is 0.570. The van der Waals surface area contributed by atoms with E-state index in [1.807, 2.05) is 41.7 Å². The average Bonchev–Trinajstić information content (AvgIpc) is 3.83. The van der Waals surface area contributed by atoms with Crippen LogP contribution in [0, 0.1) is 0 Å². The number of hydrogen-bond donors (Lipinski definition) is 0. The number of para-hydroxylation sites is 1. The number of nitrogens with zero attached hydrogens (tertiary/aromatic N) is 3. The molecule has 5 heteroatoms. The fourth-order valence-corrected chi connectivity index (χ4v) is 9.48. The van der Waals surface area contributed by atoms with Gasteiger partial charge in [-0.1, -0.05) is 133 Å². The number of furan rings is 1. The number of thiophene rings is 1. The molecule has 0 fully saturated rings. The highest BCUT2D eigenvalue weighted by Crippen LogP contribution is 2.42. The predicted molar refractivity (Wildman–Crippen MR) is 234 cm³/mol. The normalized spacial score (nSPS) is 11.9.